The van der Waals surface area contributed by atoms with Crippen LogP contribution in [0.15, 0.2) is 0 Å². The van der Waals surface area contributed by atoms with Gasteiger partial charge in [-0.25, -0.2) is 0 Å². The average molecular weight is 215 g/mol. The molecule has 4 heteroatoms. The number of nitrogens with one attached hydrogen (secondary N) is 1. The minimum absolute atomic E-state index is 0.101. The maximum Gasteiger partial charge on any atom is 0.0791 e. The van der Waals surface area contributed by atoms with Gasteiger partial charge in [0.1, 0.15) is 0 Å². The monoisotopic (exact) mass is 215 g/mol. The second-order valence-electron chi connectivity index (χ2n) is 5.46. The molecule has 0 radical (unpaired) electrons. The summed E-state index contributed by atoms with van der Waals surface area (Å²) in [5, 5.41) is 13.1. The van der Waals surface area contributed by atoms with Gasteiger partial charge in [-0.15, -0.1) is 0 Å². The van der Waals surface area contributed by atoms with Gasteiger partial charge in [0.05, 0.1) is 6.10 Å². The molecule has 1 aliphatic heterocycles. The SMILES string of the molecule is CN(C)CCN1CC(O)CNC(C)(C)C1. The van der Waals surface area contributed by atoms with E-state index in [0.29, 0.717) is 6.54 Å². The molecule has 0 saturated carbocycles. The summed E-state index contributed by atoms with van der Waals surface area (Å²) in [5.74, 6) is 0. The first-order chi connectivity index (χ1) is 6.89. The van der Waals surface area contributed by atoms with E-state index in [1.807, 2.05) is 0 Å². The fourth-order valence-electron chi connectivity index (χ4n) is 1.95. The fraction of sp³-hybridized carbons (Fsp3) is 1.00. The van der Waals surface area contributed by atoms with Crippen LogP contribution in [0.5, 0.6) is 0 Å². The Morgan fingerprint density at radius 1 is 1.47 bits per heavy atom. The third kappa shape index (κ3) is 4.93. The van der Waals surface area contributed by atoms with Gasteiger partial charge in [-0.2, -0.15) is 0 Å². The van der Waals surface area contributed by atoms with Crippen molar-refractivity contribution in [2.45, 2.75) is 25.5 Å². The molecule has 0 aliphatic carbocycles. The Morgan fingerprint density at radius 2 is 2.13 bits per heavy atom. The third-order valence-electron chi connectivity index (χ3n) is 2.77. The highest BCUT2D eigenvalue weighted by atomic mass is 16.3. The molecule has 4 nitrogen and oxygen atoms in total. The van der Waals surface area contributed by atoms with E-state index in [4.69, 9.17) is 0 Å². The second-order valence-corrected chi connectivity index (χ2v) is 5.46. The molecule has 0 bridgehead atoms. The Bertz CT molecular complexity index is 194. The highest BCUT2D eigenvalue weighted by Crippen LogP contribution is 2.10. The summed E-state index contributed by atoms with van der Waals surface area (Å²) in [6.07, 6.45) is -0.242. The summed E-state index contributed by atoms with van der Waals surface area (Å²) < 4.78 is 0. The largest absolute Gasteiger partial charge is 0.390 e. The van der Waals surface area contributed by atoms with Crippen LogP contribution in [-0.4, -0.2) is 73.4 Å². The summed E-state index contributed by atoms with van der Waals surface area (Å²) in [6, 6.07) is 0. The normalized spacial score (nSPS) is 28.0. The van der Waals surface area contributed by atoms with Crippen LogP contribution in [0.2, 0.25) is 0 Å². The van der Waals surface area contributed by atoms with Crippen LogP contribution in [0.25, 0.3) is 0 Å². The lowest BCUT2D eigenvalue weighted by molar-refractivity contribution is 0.124. The average Bonchev–Trinajstić information content (AvgIpc) is 2.22. The Kier molecular flexibility index (Phi) is 4.52. The van der Waals surface area contributed by atoms with E-state index >= 15 is 0 Å². The lowest BCUT2D eigenvalue weighted by Gasteiger charge is -2.30. The molecule has 2 N–H and O–H groups in total. The number of rotatable bonds is 3. The predicted octanol–water partition coefficient (Wildman–Crippen LogP) is -0.407. The fourth-order valence-corrected chi connectivity index (χ4v) is 1.95. The molecule has 0 aromatic heterocycles. The van der Waals surface area contributed by atoms with E-state index in [0.717, 1.165) is 26.2 Å². The summed E-state index contributed by atoms with van der Waals surface area (Å²) in [4.78, 5) is 4.52. The summed E-state index contributed by atoms with van der Waals surface area (Å²) in [5.41, 5.74) is 0.101. The lowest BCUT2D eigenvalue weighted by atomic mass is 10.1. The van der Waals surface area contributed by atoms with Crippen LogP contribution >= 0.6 is 0 Å². The van der Waals surface area contributed by atoms with Gasteiger partial charge in [-0.05, 0) is 27.9 Å². The summed E-state index contributed by atoms with van der Waals surface area (Å²) >= 11 is 0. The van der Waals surface area contributed by atoms with Gasteiger partial charge >= 0.3 is 0 Å². The molecule has 90 valence electrons. The van der Waals surface area contributed by atoms with Gasteiger partial charge in [-0.1, -0.05) is 0 Å². The Labute approximate surface area is 93.2 Å². The Morgan fingerprint density at radius 3 is 2.73 bits per heavy atom. The highest BCUT2D eigenvalue weighted by Gasteiger charge is 2.27. The van der Waals surface area contributed by atoms with E-state index in [2.05, 4.69) is 43.1 Å². The van der Waals surface area contributed by atoms with Crippen LogP contribution < -0.4 is 5.32 Å². The number of nitrogens with zero attached hydrogens (tertiary/aromatic N) is 2. The number of aliphatic hydroxyl groups excluding tert-OH is 1. The molecule has 1 atom stereocenters. The van der Waals surface area contributed by atoms with Gasteiger partial charge in [-0.3, -0.25) is 4.90 Å². The third-order valence-corrected chi connectivity index (χ3v) is 2.77. The second kappa shape index (κ2) is 5.25. The predicted molar refractivity (Wildman–Crippen MR) is 63.1 cm³/mol. The quantitative estimate of drug-likeness (QED) is 0.671. The van der Waals surface area contributed by atoms with Gasteiger partial charge in [0, 0.05) is 38.3 Å². The first-order valence-corrected chi connectivity index (χ1v) is 5.69. The molecule has 1 unspecified atom stereocenters. The standard InChI is InChI=1S/C11H25N3O/c1-11(2)9-14(6-5-13(3)4)8-10(15)7-12-11/h10,12,15H,5-9H2,1-4H3. The van der Waals surface area contributed by atoms with Crippen molar-refractivity contribution in [3.8, 4) is 0 Å². The molecule has 0 aromatic carbocycles. The van der Waals surface area contributed by atoms with Gasteiger partial charge < -0.3 is 15.3 Å². The van der Waals surface area contributed by atoms with E-state index < -0.39 is 0 Å². The molecule has 1 aliphatic rings. The first-order valence-electron chi connectivity index (χ1n) is 5.69. The molecular formula is C11H25N3O. The van der Waals surface area contributed by atoms with Gasteiger partial charge in [0.25, 0.3) is 0 Å². The number of hydrogen-bond donors (Lipinski definition) is 2. The zero-order valence-corrected chi connectivity index (χ0v) is 10.5. The van der Waals surface area contributed by atoms with E-state index in [1.165, 1.54) is 0 Å². The van der Waals surface area contributed by atoms with Gasteiger partial charge in [0.15, 0.2) is 0 Å². The number of hydrogen-bond acceptors (Lipinski definition) is 4. The highest BCUT2D eigenvalue weighted by molar-refractivity contribution is 4.87. The van der Waals surface area contributed by atoms with E-state index in [-0.39, 0.29) is 11.6 Å². The molecule has 1 saturated heterocycles. The van der Waals surface area contributed by atoms with Crippen LogP contribution in [0.3, 0.4) is 0 Å². The van der Waals surface area contributed by atoms with Crippen LogP contribution in [0.4, 0.5) is 0 Å². The topological polar surface area (TPSA) is 38.7 Å². The summed E-state index contributed by atoms with van der Waals surface area (Å²) in [6.45, 7) is 8.92. The molecule has 0 aromatic rings. The maximum atomic E-state index is 9.74. The lowest BCUT2D eigenvalue weighted by Crippen LogP contribution is -2.47. The molecule has 1 rings (SSSR count). The number of β-amino-alcohol motifs (C(OH)–C–C–N with tert-alkyl or cyclic N) is 1. The van der Waals surface area contributed by atoms with Crippen molar-refractivity contribution in [3.63, 3.8) is 0 Å². The van der Waals surface area contributed by atoms with Crippen LogP contribution in [-0.2, 0) is 0 Å². The molecule has 0 spiro atoms. The van der Waals surface area contributed by atoms with Crippen LogP contribution in [0.1, 0.15) is 13.8 Å². The zero-order valence-electron chi connectivity index (χ0n) is 10.5. The van der Waals surface area contributed by atoms with Crippen molar-refractivity contribution in [2.24, 2.45) is 0 Å². The maximum absolute atomic E-state index is 9.74. The Hall–Kier alpha value is -0.160. The molecule has 1 fully saturated rings. The molecule has 0 amide bonds. The molecular weight excluding hydrogens is 190 g/mol. The zero-order chi connectivity index (χ0) is 11.5. The van der Waals surface area contributed by atoms with Gasteiger partial charge in [0.2, 0.25) is 0 Å². The first kappa shape index (κ1) is 12.9. The molecule has 1 heterocycles. The minimum Gasteiger partial charge on any atom is -0.390 e. The Balaban J connectivity index is 2.46. The van der Waals surface area contributed by atoms with Crippen molar-refractivity contribution in [2.75, 3.05) is 46.8 Å². The number of likely N-dealkylation sites (N-methyl/N-ethyl adjacent to an activating group) is 1. The van der Waals surface area contributed by atoms with Crippen molar-refractivity contribution in [1.29, 1.82) is 0 Å². The van der Waals surface area contributed by atoms with E-state index in [1.54, 1.807) is 0 Å². The van der Waals surface area contributed by atoms with Crippen molar-refractivity contribution >= 4 is 0 Å². The van der Waals surface area contributed by atoms with E-state index in [9.17, 15) is 5.11 Å². The van der Waals surface area contributed by atoms with Crippen molar-refractivity contribution in [1.82, 2.24) is 15.1 Å². The number of aliphatic hydroxyl groups is 1. The van der Waals surface area contributed by atoms with Crippen molar-refractivity contribution < 1.29 is 5.11 Å². The van der Waals surface area contributed by atoms with Crippen molar-refractivity contribution in [3.05, 3.63) is 0 Å². The summed E-state index contributed by atoms with van der Waals surface area (Å²) in [7, 11) is 4.16. The van der Waals surface area contributed by atoms with Crippen LogP contribution in [0, 0.1) is 0 Å². The smallest absolute Gasteiger partial charge is 0.0791 e. The minimum atomic E-state index is -0.242. The molecule has 15 heavy (non-hydrogen) atoms.